The number of likely N-dealkylation sites (N-methyl/N-ethyl adjacent to an activating group) is 1. The van der Waals surface area contributed by atoms with Crippen molar-refractivity contribution in [3.63, 3.8) is 0 Å². The molecule has 0 saturated carbocycles. The number of nitrogens with zero attached hydrogens (tertiary/aromatic N) is 2. The normalized spacial score (nSPS) is 13.1. The molecule has 0 radical (unpaired) electrons. The summed E-state index contributed by atoms with van der Waals surface area (Å²) < 4.78 is 10.8. The summed E-state index contributed by atoms with van der Waals surface area (Å²) in [6, 6.07) is 8.12. The molecule has 136 valence electrons. The molecule has 6 nitrogen and oxygen atoms in total. The Morgan fingerprint density at radius 1 is 1.25 bits per heavy atom. The second-order valence-electron chi connectivity index (χ2n) is 5.72. The third-order valence-corrected chi connectivity index (χ3v) is 3.74. The lowest BCUT2D eigenvalue weighted by Crippen LogP contribution is -2.40. The van der Waals surface area contributed by atoms with Crippen molar-refractivity contribution < 1.29 is 9.47 Å². The lowest BCUT2D eigenvalue weighted by molar-refractivity contribution is 0.179. The van der Waals surface area contributed by atoms with Gasteiger partial charge in [0.25, 0.3) is 0 Å². The first-order valence-corrected chi connectivity index (χ1v) is 8.58. The number of methoxy groups -OCH3 is 1. The van der Waals surface area contributed by atoms with Gasteiger partial charge in [-0.15, -0.1) is 0 Å². The Bertz CT molecular complexity index is 472. The number of hydrogen-bond acceptors (Lipinski definition) is 4. The Morgan fingerprint density at radius 3 is 2.50 bits per heavy atom. The van der Waals surface area contributed by atoms with Crippen molar-refractivity contribution in [2.24, 2.45) is 10.7 Å². The zero-order valence-corrected chi connectivity index (χ0v) is 15.4. The highest BCUT2D eigenvalue weighted by Gasteiger charge is 2.02. The highest BCUT2D eigenvalue weighted by molar-refractivity contribution is 5.78. The second kappa shape index (κ2) is 11.7. The molecule has 1 atom stereocenters. The largest absolute Gasteiger partial charge is 0.492 e. The molecule has 1 unspecified atom stereocenters. The van der Waals surface area contributed by atoms with Crippen molar-refractivity contribution in [2.75, 3.05) is 40.0 Å². The number of nitrogens with two attached hydrogens (primary N) is 1. The molecule has 1 aromatic rings. The number of guanidine groups is 1. The molecule has 0 aliphatic carbocycles. The topological polar surface area (TPSA) is 72.1 Å². The van der Waals surface area contributed by atoms with E-state index in [0.29, 0.717) is 25.7 Å². The predicted octanol–water partition coefficient (Wildman–Crippen LogP) is 1.85. The first kappa shape index (κ1) is 20.3. The molecule has 0 saturated heterocycles. The molecular weight excluding hydrogens is 304 g/mol. The van der Waals surface area contributed by atoms with Crippen LogP contribution in [0.15, 0.2) is 29.3 Å². The zero-order chi connectivity index (χ0) is 17.8. The van der Waals surface area contributed by atoms with Gasteiger partial charge in [0.2, 0.25) is 0 Å². The summed E-state index contributed by atoms with van der Waals surface area (Å²) in [6.07, 6.45) is 0. The Labute approximate surface area is 146 Å². The van der Waals surface area contributed by atoms with E-state index in [4.69, 9.17) is 15.2 Å². The molecule has 0 heterocycles. The van der Waals surface area contributed by atoms with Crippen LogP contribution in [0.4, 0.5) is 0 Å². The summed E-state index contributed by atoms with van der Waals surface area (Å²) in [7, 11) is 1.66. The minimum atomic E-state index is 0.139. The average molecular weight is 336 g/mol. The number of nitrogens with one attached hydrogen (secondary N) is 1. The van der Waals surface area contributed by atoms with Crippen LogP contribution in [-0.2, 0) is 11.3 Å². The number of hydrogen-bond donors (Lipinski definition) is 2. The van der Waals surface area contributed by atoms with E-state index in [1.165, 1.54) is 0 Å². The fourth-order valence-electron chi connectivity index (χ4n) is 2.29. The van der Waals surface area contributed by atoms with Gasteiger partial charge in [0, 0.05) is 19.7 Å². The first-order valence-electron chi connectivity index (χ1n) is 8.58. The van der Waals surface area contributed by atoms with Gasteiger partial charge in [-0.1, -0.05) is 26.0 Å². The van der Waals surface area contributed by atoms with E-state index in [2.05, 4.69) is 29.1 Å². The minimum Gasteiger partial charge on any atom is -0.492 e. The summed E-state index contributed by atoms with van der Waals surface area (Å²) in [6.45, 7) is 11.2. The molecule has 1 rings (SSSR count). The molecule has 0 fully saturated rings. The van der Waals surface area contributed by atoms with E-state index >= 15 is 0 Å². The third-order valence-electron chi connectivity index (χ3n) is 3.74. The van der Waals surface area contributed by atoms with E-state index in [9.17, 15) is 0 Å². The summed E-state index contributed by atoms with van der Waals surface area (Å²) in [5.41, 5.74) is 6.95. The Morgan fingerprint density at radius 2 is 1.92 bits per heavy atom. The highest BCUT2D eigenvalue weighted by atomic mass is 16.5. The molecule has 0 amide bonds. The Balaban J connectivity index is 2.38. The maximum atomic E-state index is 5.86. The monoisotopic (exact) mass is 336 g/mol. The van der Waals surface area contributed by atoms with Gasteiger partial charge in [0.05, 0.1) is 13.2 Å². The number of benzene rings is 1. The van der Waals surface area contributed by atoms with E-state index in [1.807, 2.05) is 31.2 Å². The average Bonchev–Trinajstić information content (AvgIpc) is 2.58. The van der Waals surface area contributed by atoms with Gasteiger partial charge >= 0.3 is 0 Å². The zero-order valence-electron chi connectivity index (χ0n) is 15.4. The van der Waals surface area contributed by atoms with Gasteiger partial charge in [-0.25, -0.2) is 4.99 Å². The highest BCUT2D eigenvalue weighted by Crippen LogP contribution is 2.12. The van der Waals surface area contributed by atoms with Crippen LogP contribution in [0.1, 0.15) is 26.3 Å². The van der Waals surface area contributed by atoms with Crippen LogP contribution < -0.4 is 15.8 Å². The molecule has 1 aromatic carbocycles. The van der Waals surface area contributed by atoms with E-state index in [1.54, 1.807) is 7.11 Å². The Hall–Kier alpha value is -1.79. The second-order valence-corrected chi connectivity index (χ2v) is 5.72. The van der Waals surface area contributed by atoms with Crippen LogP contribution in [0.25, 0.3) is 0 Å². The van der Waals surface area contributed by atoms with Gasteiger partial charge in [0.1, 0.15) is 12.4 Å². The summed E-state index contributed by atoms with van der Waals surface area (Å²) in [4.78, 5) is 6.67. The number of rotatable bonds is 11. The van der Waals surface area contributed by atoms with Gasteiger partial charge in [-0.2, -0.15) is 0 Å². The molecule has 3 N–H and O–H groups in total. The predicted molar refractivity (Wildman–Crippen MR) is 99.5 cm³/mol. The third kappa shape index (κ3) is 8.17. The molecule has 0 aliphatic heterocycles. The number of ether oxygens (including phenoxy) is 2. The summed E-state index contributed by atoms with van der Waals surface area (Å²) in [5, 5.41) is 3.09. The maximum absolute atomic E-state index is 5.86. The minimum absolute atomic E-state index is 0.139. The van der Waals surface area contributed by atoms with Crippen molar-refractivity contribution in [1.82, 2.24) is 10.2 Å². The molecular formula is C18H32N4O2. The molecule has 0 aliphatic rings. The van der Waals surface area contributed by atoms with E-state index < -0.39 is 0 Å². The quantitative estimate of drug-likeness (QED) is 0.477. The van der Waals surface area contributed by atoms with Crippen molar-refractivity contribution >= 4 is 5.96 Å². The number of aliphatic imine (C=N–C) groups is 1. The standard InChI is InChI=1S/C18H32N4O2/c1-5-22(6-2)11-12-24-17-9-7-16(8-10-17)13-20-18(19)21-15(3)14-23-4/h7-10,15H,5-6,11-14H2,1-4H3,(H3,19,20,21). The first-order chi connectivity index (χ1) is 11.6. The van der Waals surface area contributed by atoms with E-state index in [-0.39, 0.29) is 6.04 Å². The molecule has 0 bridgehead atoms. The van der Waals surface area contributed by atoms with Crippen LogP contribution in [0.2, 0.25) is 0 Å². The van der Waals surface area contributed by atoms with Crippen LogP contribution in [-0.4, -0.2) is 56.9 Å². The van der Waals surface area contributed by atoms with Crippen LogP contribution >= 0.6 is 0 Å². The van der Waals surface area contributed by atoms with Gasteiger partial charge in [0.15, 0.2) is 5.96 Å². The molecule has 0 spiro atoms. The lowest BCUT2D eigenvalue weighted by atomic mass is 10.2. The molecule has 0 aromatic heterocycles. The van der Waals surface area contributed by atoms with Crippen molar-refractivity contribution in [2.45, 2.75) is 33.4 Å². The van der Waals surface area contributed by atoms with Crippen molar-refractivity contribution in [3.8, 4) is 5.75 Å². The SMILES string of the molecule is CCN(CC)CCOc1ccc(CN=C(N)NC(C)COC)cc1. The van der Waals surface area contributed by atoms with Crippen LogP contribution in [0.3, 0.4) is 0 Å². The van der Waals surface area contributed by atoms with Gasteiger partial charge < -0.3 is 25.4 Å². The smallest absolute Gasteiger partial charge is 0.189 e. The van der Waals surface area contributed by atoms with Crippen molar-refractivity contribution in [1.29, 1.82) is 0 Å². The molecule has 6 heteroatoms. The Kier molecular flexibility index (Phi) is 9.88. The maximum Gasteiger partial charge on any atom is 0.189 e. The lowest BCUT2D eigenvalue weighted by Gasteiger charge is -2.18. The van der Waals surface area contributed by atoms with Crippen LogP contribution in [0, 0.1) is 0 Å². The fraction of sp³-hybridized carbons (Fsp3) is 0.611. The fourth-order valence-corrected chi connectivity index (χ4v) is 2.29. The summed E-state index contributed by atoms with van der Waals surface area (Å²) >= 11 is 0. The summed E-state index contributed by atoms with van der Waals surface area (Å²) in [5.74, 6) is 1.31. The van der Waals surface area contributed by atoms with Crippen molar-refractivity contribution in [3.05, 3.63) is 29.8 Å². The van der Waals surface area contributed by atoms with Gasteiger partial charge in [-0.05, 0) is 37.7 Å². The van der Waals surface area contributed by atoms with Gasteiger partial charge in [-0.3, -0.25) is 0 Å². The van der Waals surface area contributed by atoms with E-state index in [0.717, 1.165) is 30.9 Å². The van der Waals surface area contributed by atoms with Crippen LogP contribution in [0.5, 0.6) is 5.75 Å². The molecule has 24 heavy (non-hydrogen) atoms.